The molecule has 0 saturated carbocycles. The zero-order chi connectivity index (χ0) is 12.5. The summed E-state index contributed by atoms with van der Waals surface area (Å²) >= 11 is 0. The molecule has 0 unspecified atom stereocenters. The Bertz CT molecular complexity index is 571. The second-order valence-electron chi connectivity index (χ2n) is 4.77. The van der Waals surface area contributed by atoms with Crippen LogP contribution in [0.25, 0.3) is 11.4 Å². The normalized spacial score (nSPS) is 13.4. The van der Waals surface area contributed by atoms with Crippen molar-refractivity contribution >= 4 is 5.69 Å². The molecule has 4 nitrogen and oxygen atoms in total. The highest BCUT2D eigenvalue weighted by molar-refractivity contribution is 5.65. The van der Waals surface area contributed by atoms with Crippen LogP contribution in [-0.2, 0) is 19.9 Å². The van der Waals surface area contributed by atoms with E-state index >= 15 is 0 Å². The van der Waals surface area contributed by atoms with Gasteiger partial charge < -0.3 is 5.32 Å². The second kappa shape index (κ2) is 4.44. The Balaban J connectivity index is 1.99. The van der Waals surface area contributed by atoms with Gasteiger partial charge in [-0.2, -0.15) is 5.10 Å². The number of aromatic nitrogens is 3. The van der Waals surface area contributed by atoms with E-state index in [1.807, 2.05) is 11.7 Å². The second-order valence-corrected chi connectivity index (χ2v) is 4.77. The molecule has 0 radical (unpaired) electrons. The minimum Gasteiger partial charge on any atom is -0.384 e. The van der Waals surface area contributed by atoms with E-state index < -0.39 is 0 Å². The molecule has 4 heteroatoms. The topological polar surface area (TPSA) is 42.7 Å². The fourth-order valence-electron chi connectivity index (χ4n) is 2.46. The average Bonchev–Trinajstić information content (AvgIpc) is 2.95. The van der Waals surface area contributed by atoms with Crippen LogP contribution < -0.4 is 5.32 Å². The van der Waals surface area contributed by atoms with Crippen molar-refractivity contribution in [2.45, 2.75) is 26.2 Å². The molecular weight excluding hydrogens is 224 g/mol. The van der Waals surface area contributed by atoms with Crippen LogP contribution in [0, 0.1) is 0 Å². The van der Waals surface area contributed by atoms with Crippen molar-refractivity contribution in [2.75, 3.05) is 11.9 Å². The highest BCUT2D eigenvalue weighted by atomic mass is 15.3. The zero-order valence-electron chi connectivity index (χ0n) is 10.9. The quantitative estimate of drug-likeness (QED) is 0.898. The number of fused-ring (bicyclic) bond motifs is 1. The third kappa shape index (κ3) is 1.88. The molecule has 18 heavy (non-hydrogen) atoms. The molecular formula is C14H18N4. The lowest BCUT2D eigenvalue weighted by atomic mass is 10.1. The summed E-state index contributed by atoms with van der Waals surface area (Å²) < 4.78 is 1.88. The summed E-state index contributed by atoms with van der Waals surface area (Å²) in [5, 5.41) is 7.84. The molecule has 2 heterocycles. The molecule has 1 aromatic heterocycles. The average molecular weight is 242 g/mol. The maximum atomic E-state index is 4.63. The van der Waals surface area contributed by atoms with Gasteiger partial charge in [0.2, 0.25) is 0 Å². The van der Waals surface area contributed by atoms with Gasteiger partial charge in [0.1, 0.15) is 0 Å². The maximum absolute atomic E-state index is 4.63. The predicted molar refractivity (Wildman–Crippen MR) is 72.6 cm³/mol. The molecule has 94 valence electrons. The van der Waals surface area contributed by atoms with Crippen LogP contribution in [0.3, 0.4) is 0 Å². The lowest BCUT2D eigenvalue weighted by Gasteiger charge is -2.03. The van der Waals surface area contributed by atoms with Gasteiger partial charge in [0, 0.05) is 31.3 Å². The van der Waals surface area contributed by atoms with Crippen LogP contribution in [0.1, 0.15) is 24.7 Å². The number of benzene rings is 1. The third-order valence-corrected chi connectivity index (χ3v) is 3.35. The molecule has 0 amide bonds. The van der Waals surface area contributed by atoms with Gasteiger partial charge in [-0.25, -0.2) is 9.67 Å². The summed E-state index contributed by atoms with van der Waals surface area (Å²) in [6.07, 6.45) is 3.13. The van der Waals surface area contributed by atoms with Crippen molar-refractivity contribution in [3.63, 3.8) is 0 Å². The van der Waals surface area contributed by atoms with Crippen LogP contribution in [0.15, 0.2) is 18.2 Å². The summed E-state index contributed by atoms with van der Waals surface area (Å²) in [6, 6.07) is 6.50. The van der Waals surface area contributed by atoms with Crippen molar-refractivity contribution in [1.29, 1.82) is 0 Å². The fraction of sp³-hybridized carbons (Fsp3) is 0.429. The van der Waals surface area contributed by atoms with Crippen molar-refractivity contribution in [2.24, 2.45) is 7.05 Å². The first-order valence-electron chi connectivity index (χ1n) is 6.55. The highest BCUT2D eigenvalue weighted by Gasteiger charge is 2.14. The maximum Gasteiger partial charge on any atom is 0.158 e. The number of nitrogens with one attached hydrogen (secondary N) is 1. The largest absolute Gasteiger partial charge is 0.384 e. The molecule has 0 aliphatic carbocycles. The van der Waals surface area contributed by atoms with Gasteiger partial charge in [-0.05, 0) is 36.6 Å². The van der Waals surface area contributed by atoms with E-state index in [0.717, 1.165) is 43.0 Å². The number of hydrogen-bond acceptors (Lipinski definition) is 3. The zero-order valence-corrected chi connectivity index (χ0v) is 10.9. The Labute approximate surface area is 107 Å². The van der Waals surface area contributed by atoms with Crippen LogP contribution >= 0.6 is 0 Å². The van der Waals surface area contributed by atoms with E-state index in [-0.39, 0.29) is 0 Å². The molecule has 1 aliphatic heterocycles. The molecule has 0 saturated heterocycles. The van der Waals surface area contributed by atoms with E-state index in [2.05, 4.69) is 40.5 Å². The van der Waals surface area contributed by atoms with Gasteiger partial charge in [-0.3, -0.25) is 0 Å². The smallest absolute Gasteiger partial charge is 0.158 e. The predicted octanol–water partition coefficient (Wildman–Crippen LogP) is 2.40. The lowest BCUT2D eigenvalue weighted by molar-refractivity contribution is 0.737. The minimum absolute atomic E-state index is 0.939. The molecule has 3 rings (SSSR count). The minimum atomic E-state index is 0.939. The number of hydrogen-bond donors (Lipinski definition) is 1. The summed E-state index contributed by atoms with van der Waals surface area (Å²) in [6.45, 7) is 3.19. The number of anilines is 1. The van der Waals surface area contributed by atoms with Crippen LogP contribution in [-0.4, -0.2) is 21.3 Å². The molecule has 0 atom stereocenters. The van der Waals surface area contributed by atoms with E-state index in [9.17, 15) is 0 Å². The van der Waals surface area contributed by atoms with Gasteiger partial charge in [-0.15, -0.1) is 0 Å². The summed E-state index contributed by atoms with van der Waals surface area (Å²) in [5.41, 5.74) is 3.80. The third-order valence-electron chi connectivity index (χ3n) is 3.35. The van der Waals surface area contributed by atoms with E-state index in [1.165, 1.54) is 11.3 Å². The molecule has 1 aromatic carbocycles. The first kappa shape index (κ1) is 11.3. The number of rotatable bonds is 3. The SMILES string of the molecule is CCCc1nc(-c2ccc3c(c2)CCN3)n(C)n1. The Morgan fingerprint density at radius 3 is 3.11 bits per heavy atom. The fourth-order valence-corrected chi connectivity index (χ4v) is 2.46. The molecule has 0 spiro atoms. The van der Waals surface area contributed by atoms with Gasteiger partial charge >= 0.3 is 0 Å². The molecule has 1 N–H and O–H groups in total. The first-order valence-corrected chi connectivity index (χ1v) is 6.55. The van der Waals surface area contributed by atoms with E-state index in [4.69, 9.17) is 0 Å². The monoisotopic (exact) mass is 242 g/mol. The molecule has 2 aromatic rings. The molecule has 0 fully saturated rings. The highest BCUT2D eigenvalue weighted by Crippen LogP contribution is 2.27. The Kier molecular flexibility index (Phi) is 2.78. The van der Waals surface area contributed by atoms with Crippen molar-refractivity contribution in [1.82, 2.24) is 14.8 Å². The number of nitrogens with zero attached hydrogens (tertiary/aromatic N) is 3. The van der Waals surface area contributed by atoms with Gasteiger partial charge in [0.05, 0.1) is 0 Å². The molecule has 1 aliphatic rings. The van der Waals surface area contributed by atoms with Crippen LogP contribution in [0.2, 0.25) is 0 Å². The van der Waals surface area contributed by atoms with Gasteiger partial charge in [0.25, 0.3) is 0 Å². The van der Waals surface area contributed by atoms with Crippen LogP contribution in [0.4, 0.5) is 5.69 Å². The van der Waals surface area contributed by atoms with Crippen molar-refractivity contribution in [3.8, 4) is 11.4 Å². The Hall–Kier alpha value is -1.84. The van der Waals surface area contributed by atoms with Crippen molar-refractivity contribution < 1.29 is 0 Å². The van der Waals surface area contributed by atoms with Crippen molar-refractivity contribution in [3.05, 3.63) is 29.6 Å². The summed E-state index contributed by atoms with van der Waals surface area (Å²) in [5.74, 6) is 1.90. The Morgan fingerprint density at radius 2 is 2.28 bits per heavy atom. The van der Waals surface area contributed by atoms with Gasteiger partial charge in [0.15, 0.2) is 11.6 Å². The molecule has 0 bridgehead atoms. The standard InChI is InChI=1S/C14H18N4/c1-3-4-13-16-14(18(2)17-13)11-5-6-12-10(9-11)7-8-15-12/h5-6,9,15H,3-4,7-8H2,1-2H3. The summed E-state index contributed by atoms with van der Waals surface area (Å²) in [7, 11) is 1.97. The first-order chi connectivity index (χ1) is 8.78. The van der Waals surface area contributed by atoms with E-state index in [1.54, 1.807) is 0 Å². The Morgan fingerprint density at radius 1 is 1.39 bits per heavy atom. The number of aryl methyl sites for hydroxylation is 2. The van der Waals surface area contributed by atoms with E-state index in [0.29, 0.717) is 0 Å². The summed E-state index contributed by atoms with van der Waals surface area (Å²) in [4.78, 5) is 4.63. The lowest BCUT2D eigenvalue weighted by Crippen LogP contribution is -1.95. The van der Waals surface area contributed by atoms with Crippen LogP contribution in [0.5, 0.6) is 0 Å². The van der Waals surface area contributed by atoms with Gasteiger partial charge in [-0.1, -0.05) is 6.92 Å².